The van der Waals surface area contributed by atoms with Crippen molar-refractivity contribution >= 4 is 33.9 Å². The molecule has 2 aromatic carbocycles. The average molecular weight is 271 g/mol. The summed E-state index contributed by atoms with van der Waals surface area (Å²) in [6.07, 6.45) is 2.07. The minimum Gasteiger partial charge on any atom is -0.355 e. The highest BCUT2D eigenvalue weighted by Gasteiger charge is 2.01. The summed E-state index contributed by atoms with van der Waals surface area (Å²) in [5, 5.41) is 5.39. The largest absolute Gasteiger partial charge is 0.355 e. The Morgan fingerprint density at radius 2 is 1.74 bits per heavy atom. The molecule has 0 atom stereocenters. The highest BCUT2D eigenvalue weighted by molar-refractivity contribution is 6.31. The first-order valence-corrected chi connectivity index (χ1v) is 6.59. The fourth-order valence-corrected chi connectivity index (χ4v) is 2.38. The molecule has 0 saturated carbocycles. The van der Waals surface area contributed by atoms with Gasteiger partial charge >= 0.3 is 0 Å². The lowest BCUT2D eigenvalue weighted by Gasteiger charge is -2.08. The van der Waals surface area contributed by atoms with E-state index in [-0.39, 0.29) is 0 Å². The molecule has 0 unspecified atom stereocenters. The summed E-state index contributed by atoms with van der Waals surface area (Å²) in [6.45, 7) is 2.00. The SMILES string of the molecule is Cc1ccc(Nc2ccc3c(ccn3C)c2)cc1Cl. The van der Waals surface area contributed by atoms with Gasteiger partial charge in [0.2, 0.25) is 0 Å². The molecule has 0 spiro atoms. The fraction of sp³-hybridized carbons (Fsp3) is 0.125. The molecule has 0 fully saturated rings. The van der Waals surface area contributed by atoms with Gasteiger partial charge in [0.15, 0.2) is 0 Å². The molecule has 0 aliphatic heterocycles. The normalized spacial score (nSPS) is 10.9. The van der Waals surface area contributed by atoms with Crippen molar-refractivity contribution in [3.8, 4) is 0 Å². The number of anilines is 2. The molecule has 0 aliphatic rings. The summed E-state index contributed by atoms with van der Waals surface area (Å²) in [5.41, 5.74) is 4.39. The van der Waals surface area contributed by atoms with Gasteiger partial charge in [-0.15, -0.1) is 0 Å². The van der Waals surface area contributed by atoms with Crippen LogP contribution in [0.4, 0.5) is 11.4 Å². The van der Waals surface area contributed by atoms with Crippen molar-refractivity contribution in [2.45, 2.75) is 6.92 Å². The van der Waals surface area contributed by atoms with Gasteiger partial charge < -0.3 is 9.88 Å². The number of hydrogen-bond donors (Lipinski definition) is 1. The van der Waals surface area contributed by atoms with Crippen LogP contribution in [0.15, 0.2) is 48.7 Å². The second-order valence-electron chi connectivity index (χ2n) is 4.79. The summed E-state index contributed by atoms with van der Waals surface area (Å²) >= 11 is 6.14. The van der Waals surface area contributed by atoms with Gasteiger partial charge in [-0.25, -0.2) is 0 Å². The molecule has 3 rings (SSSR count). The van der Waals surface area contributed by atoms with Crippen LogP contribution in [0.3, 0.4) is 0 Å². The van der Waals surface area contributed by atoms with E-state index < -0.39 is 0 Å². The standard InChI is InChI=1S/C16H15ClN2/c1-11-3-4-14(10-15(11)17)18-13-5-6-16-12(9-13)7-8-19(16)2/h3-10,18H,1-2H3. The molecule has 96 valence electrons. The van der Waals surface area contributed by atoms with E-state index in [0.29, 0.717) is 0 Å². The molecule has 0 bridgehead atoms. The molecule has 19 heavy (non-hydrogen) atoms. The average Bonchev–Trinajstić information content (AvgIpc) is 2.75. The molecule has 0 aliphatic carbocycles. The number of nitrogens with zero attached hydrogens (tertiary/aromatic N) is 1. The molecule has 2 nitrogen and oxygen atoms in total. The highest BCUT2D eigenvalue weighted by atomic mass is 35.5. The van der Waals surface area contributed by atoms with Gasteiger partial charge in [0.05, 0.1) is 0 Å². The summed E-state index contributed by atoms with van der Waals surface area (Å²) in [5.74, 6) is 0. The van der Waals surface area contributed by atoms with Crippen LogP contribution in [-0.2, 0) is 7.05 Å². The van der Waals surface area contributed by atoms with Crippen LogP contribution < -0.4 is 5.32 Å². The quantitative estimate of drug-likeness (QED) is 0.702. The summed E-state index contributed by atoms with van der Waals surface area (Å²) in [4.78, 5) is 0. The van der Waals surface area contributed by atoms with Gasteiger partial charge in [0.1, 0.15) is 0 Å². The van der Waals surface area contributed by atoms with Crippen molar-refractivity contribution < 1.29 is 0 Å². The maximum atomic E-state index is 6.14. The van der Waals surface area contributed by atoms with Gasteiger partial charge in [-0.05, 0) is 48.9 Å². The molecule has 1 aromatic heterocycles. The van der Waals surface area contributed by atoms with Gasteiger partial charge in [-0.2, -0.15) is 0 Å². The van der Waals surface area contributed by atoms with Gasteiger partial charge in [0.25, 0.3) is 0 Å². The predicted octanol–water partition coefficient (Wildman–Crippen LogP) is 4.88. The zero-order valence-corrected chi connectivity index (χ0v) is 11.7. The Balaban J connectivity index is 1.94. The first-order valence-electron chi connectivity index (χ1n) is 6.22. The van der Waals surface area contributed by atoms with Crippen molar-refractivity contribution in [3.05, 3.63) is 59.2 Å². The lowest BCUT2D eigenvalue weighted by atomic mass is 10.2. The van der Waals surface area contributed by atoms with Crippen molar-refractivity contribution in [3.63, 3.8) is 0 Å². The Kier molecular flexibility index (Phi) is 2.96. The van der Waals surface area contributed by atoms with Crippen LogP contribution in [-0.4, -0.2) is 4.57 Å². The number of benzene rings is 2. The summed E-state index contributed by atoms with van der Waals surface area (Å²) in [7, 11) is 2.05. The lowest BCUT2D eigenvalue weighted by molar-refractivity contribution is 0.969. The third kappa shape index (κ3) is 2.32. The van der Waals surface area contributed by atoms with E-state index in [1.807, 2.05) is 25.1 Å². The molecule has 3 aromatic rings. The Hall–Kier alpha value is -1.93. The highest BCUT2D eigenvalue weighted by Crippen LogP contribution is 2.25. The first kappa shape index (κ1) is 12.1. The number of aromatic nitrogens is 1. The maximum Gasteiger partial charge on any atom is 0.0479 e. The Bertz CT molecular complexity index is 744. The van der Waals surface area contributed by atoms with E-state index in [1.54, 1.807) is 0 Å². The van der Waals surface area contributed by atoms with E-state index >= 15 is 0 Å². The van der Waals surface area contributed by atoms with E-state index in [0.717, 1.165) is 22.0 Å². The summed E-state index contributed by atoms with van der Waals surface area (Å²) < 4.78 is 2.11. The second-order valence-corrected chi connectivity index (χ2v) is 5.20. The van der Waals surface area contributed by atoms with Crippen molar-refractivity contribution in [2.75, 3.05) is 5.32 Å². The van der Waals surface area contributed by atoms with Crippen molar-refractivity contribution in [1.29, 1.82) is 0 Å². The minimum atomic E-state index is 0.783. The molecular weight excluding hydrogens is 256 g/mol. The molecule has 0 amide bonds. The van der Waals surface area contributed by atoms with Crippen molar-refractivity contribution in [2.24, 2.45) is 7.05 Å². The summed E-state index contributed by atoms with van der Waals surface area (Å²) in [6, 6.07) is 14.5. The molecule has 1 N–H and O–H groups in total. The van der Waals surface area contributed by atoms with E-state index in [1.165, 1.54) is 10.9 Å². The zero-order valence-electron chi connectivity index (χ0n) is 10.9. The molecule has 0 saturated heterocycles. The van der Waals surface area contributed by atoms with Crippen LogP contribution in [0.2, 0.25) is 5.02 Å². The number of aryl methyl sites for hydroxylation is 2. The number of rotatable bonds is 2. The Morgan fingerprint density at radius 3 is 2.53 bits per heavy atom. The fourth-order valence-electron chi connectivity index (χ4n) is 2.20. The smallest absolute Gasteiger partial charge is 0.0479 e. The number of nitrogens with one attached hydrogen (secondary N) is 1. The van der Waals surface area contributed by atoms with Crippen LogP contribution in [0.5, 0.6) is 0 Å². The van der Waals surface area contributed by atoms with E-state index in [4.69, 9.17) is 11.6 Å². The van der Waals surface area contributed by atoms with Gasteiger partial charge in [-0.1, -0.05) is 17.7 Å². The monoisotopic (exact) mass is 270 g/mol. The second kappa shape index (κ2) is 4.63. The van der Waals surface area contributed by atoms with Gasteiger partial charge in [0, 0.05) is 40.5 Å². The number of halogens is 1. The number of hydrogen-bond acceptors (Lipinski definition) is 1. The third-order valence-corrected chi connectivity index (χ3v) is 3.75. The zero-order chi connectivity index (χ0) is 13.4. The molecule has 0 radical (unpaired) electrons. The van der Waals surface area contributed by atoms with Crippen molar-refractivity contribution in [1.82, 2.24) is 4.57 Å². The molecule has 3 heteroatoms. The van der Waals surface area contributed by atoms with E-state index in [9.17, 15) is 0 Å². The first-order chi connectivity index (χ1) is 9.13. The topological polar surface area (TPSA) is 17.0 Å². The van der Waals surface area contributed by atoms with Crippen LogP contribution >= 0.6 is 11.6 Å². The molecule has 1 heterocycles. The molecular formula is C16H15ClN2. The third-order valence-electron chi connectivity index (χ3n) is 3.35. The predicted molar refractivity (Wildman–Crippen MR) is 82.4 cm³/mol. The Labute approximate surface area is 117 Å². The van der Waals surface area contributed by atoms with Gasteiger partial charge in [-0.3, -0.25) is 0 Å². The van der Waals surface area contributed by atoms with Crippen LogP contribution in [0.1, 0.15) is 5.56 Å². The van der Waals surface area contributed by atoms with Crippen LogP contribution in [0, 0.1) is 6.92 Å². The Morgan fingerprint density at radius 1 is 1.00 bits per heavy atom. The maximum absolute atomic E-state index is 6.14. The minimum absolute atomic E-state index is 0.783. The van der Waals surface area contributed by atoms with E-state index in [2.05, 4.69) is 47.4 Å². The lowest BCUT2D eigenvalue weighted by Crippen LogP contribution is -1.91. The number of fused-ring (bicyclic) bond motifs is 1. The van der Waals surface area contributed by atoms with Crippen LogP contribution in [0.25, 0.3) is 10.9 Å².